The summed E-state index contributed by atoms with van der Waals surface area (Å²) in [6.07, 6.45) is 0. The minimum atomic E-state index is -0.0868. The van der Waals surface area contributed by atoms with Gasteiger partial charge in [0, 0.05) is 67.3 Å². The Hall–Kier alpha value is -3.08. The second-order valence-electron chi connectivity index (χ2n) is 10.00. The fourth-order valence-corrected chi connectivity index (χ4v) is 5.78. The van der Waals surface area contributed by atoms with E-state index < -0.39 is 0 Å². The van der Waals surface area contributed by atoms with Crippen LogP contribution < -0.4 is 10.5 Å². The standard InChI is InChI=1S/C25H26ClN5O2/c1-24-12-30(11-16-4-5-17(26)8-21(16)32)13-25(24,2)15-31(14-24)20-9-22(33)29(3)19-7-6-18(10-27)28-23(19)20/h4-9,32H,11-15H2,1-3H3/t24-,25+. The van der Waals surface area contributed by atoms with E-state index in [2.05, 4.69) is 34.7 Å². The van der Waals surface area contributed by atoms with E-state index in [1.807, 2.05) is 12.1 Å². The van der Waals surface area contributed by atoms with Crippen molar-refractivity contribution in [3.8, 4) is 11.8 Å². The normalized spacial score (nSPS) is 24.9. The number of likely N-dealkylation sites (tertiary alicyclic amines) is 1. The molecule has 0 spiro atoms. The molecule has 5 rings (SSSR count). The van der Waals surface area contributed by atoms with E-state index >= 15 is 0 Å². The fraction of sp³-hybridized carbons (Fsp3) is 0.400. The number of halogens is 1. The highest BCUT2D eigenvalue weighted by atomic mass is 35.5. The maximum atomic E-state index is 12.7. The Morgan fingerprint density at radius 3 is 2.45 bits per heavy atom. The average molecular weight is 464 g/mol. The Balaban J connectivity index is 1.45. The van der Waals surface area contributed by atoms with Crippen molar-refractivity contribution in [2.75, 3.05) is 31.1 Å². The molecule has 3 aromatic rings. The van der Waals surface area contributed by atoms with Crippen molar-refractivity contribution in [3.05, 3.63) is 63.0 Å². The number of hydrogen-bond donors (Lipinski definition) is 1. The van der Waals surface area contributed by atoms with Crippen LogP contribution in [0.5, 0.6) is 5.75 Å². The van der Waals surface area contributed by atoms with Gasteiger partial charge in [-0.3, -0.25) is 9.69 Å². The number of nitriles is 1. The number of fused-ring (bicyclic) bond motifs is 2. The second-order valence-corrected chi connectivity index (χ2v) is 10.4. The van der Waals surface area contributed by atoms with Crippen molar-refractivity contribution in [2.45, 2.75) is 20.4 Å². The van der Waals surface area contributed by atoms with Crippen LogP contribution in [-0.4, -0.2) is 45.7 Å². The molecule has 2 aromatic heterocycles. The third-order valence-corrected chi connectivity index (χ3v) is 7.88. The smallest absolute Gasteiger partial charge is 0.252 e. The number of benzene rings is 1. The Labute approximate surface area is 197 Å². The van der Waals surface area contributed by atoms with Crippen LogP contribution in [0.15, 0.2) is 41.2 Å². The molecule has 0 saturated carbocycles. The molecule has 0 unspecified atom stereocenters. The summed E-state index contributed by atoms with van der Waals surface area (Å²) < 4.78 is 1.58. The number of aromatic hydroxyl groups is 1. The van der Waals surface area contributed by atoms with Gasteiger partial charge in [-0.2, -0.15) is 5.26 Å². The first-order valence-corrected chi connectivity index (χ1v) is 11.4. The van der Waals surface area contributed by atoms with E-state index in [1.165, 1.54) is 0 Å². The summed E-state index contributed by atoms with van der Waals surface area (Å²) in [4.78, 5) is 21.9. The summed E-state index contributed by atoms with van der Waals surface area (Å²) >= 11 is 5.99. The highest BCUT2D eigenvalue weighted by Crippen LogP contribution is 2.53. The van der Waals surface area contributed by atoms with E-state index in [1.54, 1.807) is 35.9 Å². The van der Waals surface area contributed by atoms with E-state index in [9.17, 15) is 15.2 Å². The van der Waals surface area contributed by atoms with Crippen LogP contribution in [0, 0.1) is 22.2 Å². The SMILES string of the molecule is Cn1c(=O)cc(N2C[C@]3(C)CN(Cc4ccc(Cl)cc4O)C[C@]3(C)C2)c2nc(C#N)ccc21. The van der Waals surface area contributed by atoms with Gasteiger partial charge in [0.25, 0.3) is 5.56 Å². The lowest BCUT2D eigenvalue weighted by Gasteiger charge is -2.30. The van der Waals surface area contributed by atoms with Crippen LogP contribution >= 0.6 is 11.6 Å². The van der Waals surface area contributed by atoms with E-state index in [-0.39, 0.29) is 22.1 Å². The monoisotopic (exact) mass is 463 g/mol. The fourth-order valence-electron chi connectivity index (χ4n) is 5.61. The zero-order valence-corrected chi connectivity index (χ0v) is 19.7. The lowest BCUT2D eigenvalue weighted by atomic mass is 9.71. The van der Waals surface area contributed by atoms with Crippen LogP contribution in [0.1, 0.15) is 25.1 Å². The van der Waals surface area contributed by atoms with Gasteiger partial charge in [0.1, 0.15) is 23.0 Å². The number of hydrogen-bond acceptors (Lipinski definition) is 6. The molecule has 0 bridgehead atoms. The molecule has 7 nitrogen and oxygen atoms in total. The Bertz CT molecular complexity index is 1360. The molecular weight excluding hydrogens is 438 g/mol. The highest BCUT2D eigenvalue weighted by Gasteiger charge is 2.57. The molecule has 2 atom stereocenters. The van der Waals surface area contributed by atoms with Crippen molar-refractivity contribution in [1.29, 1.82) is 5.26 Å². The van der Waals surface area contributed by atoms with Crippen LogP contribution in [0.3, 0.4) is 0 Å². The maximum Gasteiger partial charge on any atom is 0.252 e. The molecule has 170 valence electrons. The maximum absolute atomic E-state index is 12.7. The van der Waals surface area contributed by atoms with Gasteiger partial charge in [-0.05, 0) is 24.3 Å². The lowest BCUT2D eigenvalue weighted by Crippen LogP contribution is -2.34. The Kier molecular flexibility index (Phi) is 4.93. The summed E-state index contributed by atoms with van der Waals surface area (Å²) in [6, 6.07) is 12.5. The summed E-state index contributed by atoms with van der Waals surface area (Å²) in [5, 5.41) is 20.2. The molecule has 0 radical (unpaired) electrons. The van der Waals surface area contributed by atoms with Crippen molar-refractivity contribution in [1.82, 2.24) is 14.5 Å². The van der Waals surface area contributed by atoms with Crippen molar-refractivity contribution in [2.24, 2.45) is 17.9 Å². The molecule has 0 amide bonds. The predicted molar refractivity (Wildman–Crippen MR) is 129 cm³/mol. The molecule has 0 aliphatic carbocycles. The number of aryl methyl sites for hydroxylation is 1. The molecule has 4 heterocycles. The van der Waals surface area contributed by atoms with Crippen molar-refractivity contribution >= 4 is 28.3 Å². The third kappa shape index (κ3) is 3.45. The van der Waals surface area contributed by atoms with E-state index in [0.29, 0.717) is 22.8 Å². The first-order chi connectivity index (χ1) is 15.6. The number of nitrogens with zero attached hydrogens (tertiary/aromatic N) is 5. The molecular formula is C25H26ClN5O2. The first kappa shape index (κ1) is 21.7. The molecule has 1 aromatic carbocycles. The number of phenols is 1. The van der Waals surface area contributed by atoms with Gasteiger partial charge in [0.2, 0.25) is 0 Å². The minimum Gasteiger partial charge on any atom is -0.508 e. The first-order valence-electron chi connectivity index (χ1n) is 11.0. The van der Waals surface area contributed by atoms with Crippen LogP contribution in [0.2, 0.25) is 5.02 Å². The molecule has 1 N–H and O–H groups in total. The number of aromatic nitrogens is 2. The summed E-state index contributed by atoms with van der Waals surface area (Å²) in [7, 11) is 1.73. The number of pyridine rings is 2. The zero-order chi connectivity index (χ0) is 23.5. The largest absolute Gasteiger partial charge is 0.508 e. The van der Waals surface area contributed by atoms with Gasteiger partial charge >= 0.3 is 0 Å². The van der Waals surface area contributed by atoms with Gasteiger partial charge in [-0.25, -0.2) is 4.98 Å². The van der Waals surface area contributed by atoms with E-state index in [4.69, 9.17) is 11.6 Å². The number of rotatable bonds is 3. The van der Waals surface area contributed by atoms with Crippen LogP contribution in [-0.2, 0) is 13.6 Å². The molecule has 33 heavy (non-hydrogen) atoms. The Morgan fingerprint density at radius 2 is 1.82 bits per heavy atom. The lowest BCUT2D eigenvalue weighted by molar-refractivity contribution is 0.212. The van der Waals surface area contributed by atoms with Gasteiger partial charge in [0.15, 0.2) is 0 Å². The van der Waals surface area contributed by atoms with Gasteiger partial charge in [-0.15, -0.1) is 0 Å². The van der Waals surface area contributed by atoms with Crippen molar-refractivity contribution in [3.63, 3.8) is 0 Å². The van der Waals surface area contributed by atoms with E-state index in [0.717, 1.165) is 42.9 Å². The Morgan fingerprint density at radius 1 is 1.12 bits per heavy atom. The average Bonchev–Trinajstić information content (AvgIpc) is 3.15. The van der Waals surface area contributed by atoms with Gasteiger partial charge in [0.05, 0.1) is 11.2 Å². The molecule has 2 saturated heterocycles. The molecule has 8 heteroatoms. The van der Waals surface area contributed by atoms with Gasteiger partial charge in [-0.1, -0.05) is 31.5 Å². The summed E-state index contributed by atoms with van der Waals surface area (Å²) in [6.45, 7) is 8.58. The number of phenolic OH excluding ortho intramolecular Hbond substituents is 1. The zero-order valence-electron chi connectivity index (χ0n) is 19.0. The highest BCUT2D eigenvalue weighted by molar-refractivity contribution is 6.30. The van der Waals surface area contributed by atoms with Gasteiger partial charge < -0.3 is 14.6 Å². The minimum absolute atomic E-state index is 0.00468. The molecule has 2 aliphatic rings. The second kappa shape index (κ2) is 7.47. The van der Waals surface area contributed by atoms with Crippen LogP contribution in [0.25, 0.3) is 11.0 Å². The summed E-state index contributed by atoms with van der Waals surface area (Å²) in [5.74, 6) is 0.225. The topological polar surface area (TPSA) is 85.4 Å². The molecule has 2 fully saturated rings. The summed E-state index contributed by atoms with van der Waals surface area (Å²) in [5.41, 5.74) is 3.32. The third-order valence-electron chi connectivity index (χ3n) is 7.65. The quantitative estimate of drug-likeness (QED) is 0.639. The molecule has 2 aliphatic heterocycles. The predicted octanol–water partition coefficient (Wildman–Crippen LogP) is 3.51. The number of anilines is 1. The van der Waals surface area contributed by atoms with Crippen LogP contribution in [0.4, 0.5) is 5.69 Å². The van der Waals surface area contributed by atoms with Crippen molar-refractivity contribution < 1.29 is 5.11 Å².